The average Bonchev–Trinajstić information content (AvgIpc) is 2.78. The van der Waals surface area contributed by atoms with E-state index < -0.39 is 10.0 Å². The zero-order valence-electron chi connectivity index (χ0n) is 18.2. The molecule has 0 radical (unpaired) electrons. The van der Waals surface area contributed by atoms with Crippen LogP contribution in [0.2, 0.25) is 0 Å². The lowest BCUT2D eigenvalue weighted by molar-refractivity contribution is -0.131. The standard InChI is InChI=1S/C22H29N3O4S2/c1-4-29-21-8-6-5-7-20(21)25(17-22(26)24-15-13-23(2)14-16-24)31(27,28)19-11-9-18(30-3)10-12-19/h5-12H,4,13-17H2,1-3H3. The fraction of sp³-hybridized carbons (Fsp3) is 0.409. The van der Waals surface area contributed by atoms with Crippen molar-refractivity contribution in [2.24, 2.45) is 0 Å². The maximum Gasteiger partial charge on any atom is 0.264 e. The highest BCUT2D eigenvalue weighted by Crippen LogP contribution is 2.33. The van der Waals surface area contributed by atoms with Gasteiger partial charge in [-0.15, -0.1) is 11.8 Å². The van der Waals surface area contributed by atoms with Gasteiger partial charge in [0.25, 0.3) is 10.0 Å². The minimum atomic E-state index is -3.98. The van der Waals surface area contributed by atoms with E-state index >= 15 is 0 Å². The Morgan fingerprint density at radius 1 is 1.06 bits per heavy atom. The average molecular weight is 464 g/mol. The molecule has 2 aromatic carbocycles. The summed E-state index contributed by atoms with van der Waals surface area (Å²) in [5.41, 5.74) is 0.362. The molecule has 0 atom stereocenters. The zero-order chi connectivity index (χ0) is 22.4. The summed E-state index contributed by atoms with van der Waals surface area (Å²) in [5.74, 6) is 0.212. The maximum absolute atomic E-state index is 13.6. The maximum atomic E-state index is 13.6. The summed E-state index contributed by atoms with van der Waals surface area (Å²) < 4.78 is 34.1. The number of ether oxygens (including phenoxy) is 1. The van der Waals surface area contributed by atoms with Crippen LogP contribution in [0.1, 0.15) is 6.92 Å². The predicted octanol–water partition coefficient (Wildman–Crippen LogP) is 2.78. The van der Waals surface area contributed by atoms with Crippen molar-refractivity contribution < 1.29 is 17.9 Å². The number of amides is 1. The minimum Gasteiger partial charge on any atom is -0.492 e. The van der Waals surface area contributed by atoms with E-state index in [4.69, 9.17) is 4.74 Å². The number of sulfonamides is 1. The van der Waals surface area contributed by atoms with E-state index in [1.54, 1.807) is 53.4 Å². The molecule has 2 aromatic rings. The quantitative estimate of drug-likeness (QED) is 0.561. The molecule has 0 spiro atoms. The molecule has 1 fully saturated rings. The highest BCUT2D eigenvalue weighted by molar-refractivity contribution is 7.98. The SMILES string of the molecule is CCOc1ccccc1N(CC(=O)N1CCN(C)CC1)S(=O)(=O)c1ccc(SC)cc1. The molecule has 0 aliphatic carbocycles. The Morgan fingerprint density at radius 3 is 2.32 bits per heavy atom. The van der Waals surface area contributed by atoms with Crippen LogP contribution in [0, 0.1) is 0 Å². The number of hydrogen-bond donors (Lipinski definition) is 0. The molecule has 0 unspecified atom stereocenters. The number of piperazine rings is 1. The number of carbonyl (C=O) groups is 1. The fourth-order valence-corrected chi connectivity index (χ4v) is 5.23. The lowest BCUT2D eigenvalue weighted by Crippen LogP contribution is -2.50. The smallest absolute Gasteiger partial charge is 0.264 e. The van der Waals surface area contributed by atoms with Gasteiger partial charge in [-0.2, -0.15) is 0 Å². The summed E-state index contributed by atoms with van der Waals surface area (Å²) in [6.07, 6.45) is 1.93. The molecule has 168 valence electrons. The van der Waals surface area contributed by atoms with Gasteiger partial charge in [-0.3, -0.25) is 9.10 Å². The molecule has 0 bridgehead atoms. The van der Waals surface area contributed by atoms with Crippen LogP contribution in [0.25, 0.3) is 0 Å². The van der Waals surface area contributed by atoms with E-state index in [2.05, 4.69) is 4.90 Å². The largest absolute Gasteiger partial charge is 0.492 e. The van der Waals surface area contributed by atoms with Gasteiger partial charge in [0.15, 0.2) is 0 Å². The van der Waals surface area contributed by atoms with Crippen LogP contribution in [0.3, 0.4) is 0 Å². The van der Waals surface area contributed by atoms with E-state index in [0.717, 1.165) is 18.0 Å². The Bertz CT molecular complexity index is 988. The van der Waals surface area contributed by atoms with Gasteiger partial charge in [0.05, 0.1) is 17.2 Å². The highest BCUT2D eigenvalue weighted by Gasteiger charge is 2.31. The number of rotatable bonds is 8. The molecule has 1 amide bonds. The van der Waals surface area contributed by atoms with Gasteiger partial charge < -0.3 is 14.5 Å². The highest BCUT2D eigenvalue weighted by atomic mass is 32.2. The molecule has 0 aromatic heterocycles. The van der Waals surface area contributed by atoms with Crippen molar-refractivity contribution in [3.63, 3.8) is 0 Å². The van der Waals surface area contributed by atoms with Crippen LogP contribution >= 0.6 is 11.8 Å². The summed E-state index contributed by atoms with van der Waals surface area (Å²) in [4.78, 5) is 18.1. The van der Waals surface area contributed by atoms with Gasteiger partial charge in [0.1, 0.15) is 12.3 Å². The van der Waals surface area contributed by atoms with Crippen molar-refractivity contribution in [3.8, 4) is 5.75 Å². The molecule has 3 rings (SSSR count). The first-order valence-corrected chi connectivity index (χ1v) is 12.9. The van der Waals surface area contributed by atoms with Gasteiger partial charge in [-0.05, 0) is 56.6 Å². The molecule has 31 heavy (non-hydrogen) atoms. The molecular weight excluding hydrogens is 434 g/mol. The fourth-order valence-electron chi connectivity index (χ4n) is 3.39. The van der Waals surface area contributed by atoms with Gasteiger partial charge in [-0.1, -0.05) is 12.1 Å². The van der Waals surface area contributed by atoms with Crippen molar-refractivity contribution in [3.05, 3.63) is 48.5 Å². The van der Waals surface area contributed by atoms with Crippen molar-refractivity contribution in [1.82, 2.24) is 9.80 Å². The number of anilines is 1. The lowest BCUT2D eigenvalue weighted by atomic mass is 10.2. The number of para-hydroxylation sites is 2. The summed E-state index contributed by atoms with van der Waals surface area (Å²) in [6, 6.07) is 13.6. The molecule has 1 heterocycles. The van der Waals surface area contributed by atoms with E-state index in [-0.39, 0.29) is 17.3 Å². The number of carbonyl (C=O) groups excluding carboxylic acids is 1. The third kappa shape index (κ3) is 5.53. The second kappa shape index (κ2) is 10.4. The Hall–Kier alpha value is -2.23. The van der Waals surface area contributed by atoms with Crippen LogP contribution < -0.4 is 9.04 Å². The molecule has 1 saturated heterocycles. The first kappa shape index (κ1) is 23.4. The number of nitrogens with zero attached hydrogens (tertiary/aromatic N) is 3. The van der Waals surface area contributed by atoms with Crippen molar-refractivity contribution in [2.75, 3.05) is 56.9 Å². The summed E-state index contributed by atoms with van der Waals surface area (Å²) in [6.45, 7) is 4.65. The Kier molecular flexibility index (Phi) is 7.85. The van der Waals surface area contributed by atoms with Crippen LogP contribution in [-0.2, 0) is 14.8 Å². The van der Waals surface area contributed by atoms with Crippen molar-refractivity contribution in [1.29, 1.82) is 0 Å². The van der Waals surface area contributed by atoms with Crippen LogP contribution in [0.5, 0.6) is 5.75 Å². The summed E-state index contributed by atoms with van der Waals surface area (Å²) >= 11 is 1.54. The van der Waals surface area contributed by atoms with Gasteiger partial charge >= 0.3 is 0 Å². The van der Waals surface area contributed by atoms with E-state index in [9.17, 15) is 13.2 Å². The third-order valence-corrected chi connectivity index (χ3v) is 7.73. The number of benzene rings is 2. The first-order valence-electron chi connectivity index (χ1n) is 10.2. The predicted molar refractivity (Wildman–Crippen MR) is 124 cm³/mol. The first-order chi connectivity index (χ1) is 14.9. The van der Waals surface area contributed by atoms with E-state index in [1.807, 2.05) is 20.2 Å². The monoisotopic (exact) mass is 463 g/mol. The number of hydrogen-bond acceptors (Lipinski definition) is 6. The minimum absolute atomic E-state index is 0.141. The molecule has 9 heteroatoms. The number of likely N-dealkylation sites (N-methyl/N-ethyl adjacent to an activating group) is 1. The van der Waals surface area contributed by atoms with Gasteiger partial charge in [0.2, 0.25) is 5.91 Å². The van der Waals surface area contributed by atoms with E-state index in [0.29, 0.717) is 31.1 Å². The topological polar surface area (TPSA) is 70.2 Å². The third-order valence-electron chi connectivity index (χ3n) is 5.22. The van der Waals surface area contributed by atoms with Crippen LogP contribution in [-0.4, -0.2) is 76.8 Å². The number of thioether (sulfide) groups is 1. The molecule has 0 N–H and O–H groups in total. The normalized spacial score (nSPS) is 15.0. The summed E-state index contributed by atoms with van der Waals surface area (Å²) in [5, 5.41) is 0. The van der Waals surface area contributed by atoms with Crippen molar-refractivity contribution >= 4 is 33.4 Å². The molecule has 1 aliphatic heterocycles. The lowest BCUT2D eigenvalue weighted by Gasteiger charge is -2.34. The molecular formula is C22H29N3O4S2. The van der Waals surface area contributed by atoms with Gasteiger partial charge in [-0.25, -0.2) is 8.42 Å². The summed E-state index contributed by atoms with van der Waals surface area (Å²) in [7, 11) is -1.97. The Balaban J connectivity index is 1.98. The molecule has 7 nitrogen and oxygen atoms in total. The molecule has 0 saturated carbocycles. The van der Waals surface area contributed by atoms with E-state index in [1.165, 1.54) is 16.1 Å². The Labute approximate surface area is 189 Å². The second-order valence-electron chi connectivity index (χ2n) is 7.27. The zero-order valence-corrected chi connectivity index (χ0v) is 19.8. The van der Waals surface area contributed by atoms with Crippen molar-refractivity contribution in [2.45, 2.75) is 16.7 Å². The van der Waals surface area contributed by atoms with Crippen LogP contribution in [0.4, 0.5) is 5.69 Å². The van der Waals surface area contributed by atoms with Gasteiger partial charge in [0, 0.05) is 31.1 Å². The molecule has 1 aliphatic rings. The Morgan fingerprint density at radius 2 is 1.71 bits per heavy atom. The van der Waals surface area contributed by atoms with Crippen LogP contribution in [0.15, 0.2) is 58.3 Å². The second-order valence-corrected chi connectivity index (χ2v) is 10.0.